The zero-order chi connectivity index (χ0) is 30.4. The molecular weight excluding hydrogens is 601 g/mol. The van der Waals surface area contributed by atoms with Crippen LogP contribution in [-0.4, -0.2) is 57.7 Å². The number of fused-ring (bicyclic) bond motifs is 3. The molecule has 3 aliphatic rings. The van der Waals surface area contributed by atoms with Crippen LogP contribution in [0.25, 0.3) is 6.08 Å². The van der Waals surface area contributed by atoms with Gasteiger partial charge in [0.1, 0.15) is 5.75 Å². The first-order chi connectivity index (χ1) is 20.1. The van der Waals surface area contributed by atoms with Gasteiger partial charge in [-0.3, -0.25) is 19.3 Å². The van der Waals surface area contributed by atoms with Crippen LogP contribution in [-0.2, 0) is 19.0 Å². The van der Waals surface area contributed by atoms with E-state index >= 15 is 0 Å². The normalized spacial score (nSPS) is 24.3. The summed E-state index contributed by atoms with van der Waals surface area (Å²) >= 11 is 3.48. The fourth-order valence-corrected chi connectivity index (χ4v) is 7.46. The Bertz CT molecular complexity index is 1230. The van der Waals surface area contributed by atoms with Crippen LogP contribution in [0.5, 0.6) is 5.75 Å². The third-order valence-corrected chi connectivity index (χ3v) is 9.36. The Kier molecular flexibility index (Phi) is 11.5. The summed E-state index contributed by atoms with van der Waals surface area (Å²) in [6, 6.07) is 5.37. The van der Waals surface area contributed by atoms with E-state index in [1.807, 2.05) is 12.1 Å². The number of allylic oxidation sites excluding steroid dienone is 2. The molecule has 0 aromatic heterocycles. The number of aliphatic carboxylic acids is 1. The lowest BCUT2D eigenvalue weighted by Gasteiger charge is -2.43. The third-order valence-electron chi connectivity index (χ3n) is 8.87. The monoisotopic (exact) mass is 643 g/mol. The highest BCUT2D eigenvalue weighted by Crippen LogP contribution is 2.51. The highest BCUT2D eigenvalue weighted by molar-refractivity contribution is 9.10. The van der Waals surface area contributed by atoms with Crippen molar-refractivity contribution in [3.8, 4) is 5.75 Å². The van der Waals surface area contributed by atoms with Crippen molar-refractivity contribution in [1.29, 1.82) is 0 Å². The van der Waals surface area contributed by atoms with Gasteiger partial charge in [-0.1, -0.05) is 66.3 Å². The van der Waals surface area contributed by atoms with Gasteiger partial charge in [-0.25, -0.2) is 0 Å². The van der Waals surface area contributed by atoms with E-state index < -0.39 is 24.9 Å². The minimum atomic E-state index is -1.01. The van der Waals surface area contributed by atoms with Gasteiger partial charge in [0.25, 0.3) is 0 Å². The molecule has 10 heteroatoms. The number of unbranched alkanes of at least 4 members (excludes halogenated alkanes) is 2. The summed E-state index contributed by atoms with van der Waals surface area (Å²) in [7, 11) is -1.01. The van der Waals surface area contributed by atoms with Crippen LogP contribution in [0.15, 0.2) is 39.4 Å². The largest absolute Gasteiger partial charge is 0.507 e. The Morgan fingerprint density at radius 1 is 1.10 bits per heavy atom. The quantitative estimate of drug-likeness (QED) is 0.0932. The van der Waals surface area contributed by atoms with Crippen molar-refractivity contribution >= 4 is 46.9 Å². The summed E-state index contributed by atoms with van der Waals surface area (Å²) in [5.74, 6) is -2.04. The number of aromatic hydroxyl groups is 1. The lowest BCUT2D eigenvalue weighted by atomic mass is 9.58. The molecule has 4 rings (SSSR count). The van der Waals surface area contributed by atoms with Gasteiger partial charge in [-0.05, 0) is 81.0 Å². The fourth-order valence-electron chi connectivity index (χ4n) is 7.08. The van der Waals surface area contributed by atoms with Crippen LogP contribution in [0.4, 0.5) is 0 Å². The van der Waals surface area contributed by atoms with Crippen LogP contribution >= 0.6 is 15.9 Å². The number of carbonyl (C=O) groups excluding carboxylic acids is 2. The molecule has 2 aliphatic heterocycles. The lowest BCUT2D eigenvalue weighted by Crippen LogP contribution is -2.46. The van der Waals surface area contributed by atoms with E-state index in [9.17, 15) is 24.5 Å². The third kappa shape index (κ3) is 7.55. The molecule has 0 spiro atoms. The number of halogens is 1. The van der Waals surface area contributed by atoms with E-state index in [1.54, 1.807) is 12.1 Å². The van der Waals surface area contributed by atoms with Gasteiger partial charge in [0, 0.05) is 23.0 Å². The van der Waals surface area contributed by atoms with E-state index in [-0.39, 0.29) is 36.0 Å². The molecule has 0 radical (unpaired) electrons. The minimum Gasteiger partial charge on any atom is -0.507 e. The molecule has 2 fully saturated rings. The second-order valence-electron chi connectivity index (χ2n) is 11.9. The second kappa shape index (κ2) is 14.8. The van der Waals surface area contributed by atoms with Gasteiger partial charge in [0.05, 0.1) is 17.9 Å². The van der Waals surface area contributed by atoms with Gasteiger partial charge in [0.15, 0.2) is 0 Å². The molecule has 1 aliphatic carbocycles. The van der Waals surface area contributed by atoms with E-state index in [0.29, 0.717) is 45.0 Å². The van der Waals surface area contributed by atoms with Crippen molar-refractivity contribution in [3.63, 3.8) is 0 Å². The van der Waals surface area contributed by atoms with E-state index in [2.05, 4.69) is 29.8 Å². The molecule has 8 nitrogen and oxygen atoms in total. The van der Waals surface area contributed by atoms with E-state index in [1.165, 1.54) is 16.0 Å². The molecule has 2 saturated heterocycles. The summed E-state index contributed by atoms with van der Waals surface area (Å²) in [6.45, 7) is 4.54. The first-order valence-corrected chi connectivity index (χ1v) is 16.2. The van der Waals surface area contributed by atoms with Crippen LogP contribution in [0.2, 0.25) is 6.32 Å². The maximum atomic E-state index is 13.7. The number of benzene rings is 1. The molecular formula is C32H43BBrNO7. The summed E-state index contributed by atoms with van der Waals surface area (Å²) < 4.78 is 7.05. The Morgan fingerprint density at radius 2 is 1.88 bits per heavy atom. The van der Waals surface area contributed by atoms with Crippen molar-refractivity contribution in [2.45, 2.75) is 96.9 Å². The number of likely N-dealkylation sites (tertiary alicyclic amines) is 1. The molecule has 2 amide bonds. The van der Waals surface area contributed by atoms with Crippen LogP contribution < -0.4 is 0 Å². The Labute approximate surface area is 257 Å². The van der Waals surface area contributed by atoms with Crippen LogP contribution in [0.3, 0.4) is 0 Å². The number of rotatable bonds is 14. The van der Waals surface area contributed by atoms with Crippen LogP contribution in [0, 0.1) is 17.8 Å². The summed E-state index contributed by atoms with van der Waals surface area (Å²) in [5.41, 5.74) is 4.23. The Hall–Kier alpha value is -2.43. The SMILES string of the molecule is CCCC1=C2[C@@H](CC/C(=C/c3cc(Br)ccc3O)CCC)OB(O)C[C@@H]2[C@@H]2C(=O)N(CCCCCC(=O)O)C(=O)[C@@H]2C1. The maximum Gasteiger partial charge on any atom is 0.455 e. The summed E-state index contributed by atoms with van der Waals surface area (Å²) in [6.07, 6.45) is 9.30. The van der Waals surface area contributed by atoms with Crippen molar-refractivity contribution in [2.24, 2.45) is 17.8 Å². The molecule has 0 bridgehead atoms. The Balaban J connectivity index is 1.54. The second-order valence-corrected chi connectivity index (χ2v) is 12.8. The first kappa shape index (κ1) is 32.5. The van der Waals surface area contributed by atoms with Gasteiger partial charge in [-0.15, -0.1) is 0 Å². The highest BCUT2D eigenvalue weighted by Gasteiger charge is 2.56. The van der Waals surface area contributed by atoms with Crippen molar-refractivity contribution in [2.75, 3.05) is 6.54 Å². The number of hydrogen-bond donors (Lipinski definition) is 3. The zero-order valence-corrected chi connectivity index (χ0v) is 26.3. The van der Waals surface area contributed by atoms with Crippen molar-refractivity contribution < 1.29 is 34.3 Å². The van der Waals surface area contributed by atoms with Crippen molar-refractivity contribution in [1.82, 2.24) is 4.90 Å². The van der Waals surface area contributed by atoms with Crippen LogP contribution in [0.1, 0.15) is 90.0 Å². The van der Waals surface area contributed by atoms with Gasteiger partial charge >= 0.3 is 13.1 Å². The number of carboxylic acids is 1. The number of carboxylic acid groups (broad SMARTS) is 1. The molecule has 4 atom stereocenters. The average Bonchev–Trinajstić information content (AvgIpc) is 3.17. The highest BCUT2D eigenvalue weighted by atomic mass is 79.9. The number of phenols is 1. The molecule has 1 aromatic carbocycles. The van der Waals surface area contributed by atoms with Gasteiger partial charge in [-0.2, -0.15) is 0 Å². The maximum absolute atomic E-state index is 13.7. The molecule has 2 heterocycles. The molecule has 228 valence electrons. The lowest BCUT2D eigenvalue weighted by molar-refractivity contribution is -0.141. The van der Waals surface area contributed by atoms with Gasteiger partial charge in [0.2, 0.25) is 11.8 Å². The molecule has 0 unspecified atom stereocenters. The summed E-state index contributed by atoms with van der Waals surface area (Å²) in [4.78, 5) is 39.4. The number of imide groups is 1. The minimum absolute atomic E-state index is 0.0847. The number of carbonyl (C=O) groups is 3. The number of phenolic OH excluding ortho intramolecular Hbond substituents is 1. The number of hydrogen-bond acceptors (Lipinski definition) is 6. The Morgan fingerprint density at radius 3 is 2.60 bits per heavy atom. The molecule has 1 aromatic rings. The average molecular weight is 644 g/mol. The predicted octanol–water partition coefficient (Wildman–Crippen LogP) is 6.36. The standard InChI is InChI=1S/C32H43BBrNO7/c1-3-8-20(16-22-17-23(34)12-13-26(22)36)11-14-27-29-21(9-4-2)18-24-30(25(29)19-33(41)42-27)32(40)35(31(24)39)15-7-5-6-10-28(37)38/h12-13,16-17,24-25,27,30,36,41H,3-11,14-15,18-19H2,1-2H3,(H,37,38)/b20-16+/t24-,25+,27-,30-/m1/s1. The summed E-state index contributed by atoms with van der Waals surface area (Å²) in [5, 5.41) is 30.1. The number of nitrogens with zero attached hydrogens (tertiary/aromatic N) is 1. The topological polar surface area (TPSA) is 124 Å². The zero-order valence-electron chi connectivity index (χ0n) is 24.7. The van der Waals surface area contributed by atoms with Crippen molar-refractivity contribution in [3.05, 3.63) is 45.0 Å². The first-order valence-electron chi connectivity index (χ1n) is 15.4. The van der Waals surface area contributed by atoms with E-state index in [0.717, 1.165) is 47.7 Å². The van der Waals surface area contributed by atoms with Gasteiger partial charge < -0.3 is 19.9 Å². The number of amides is 2. The smallest absolute Gasteiger partial charge is 0.455 e. The fraction of sp³-hybridized carbons (Fsp3) is 0.594. The molecule has 42 heavy (non-hydrogen) atoms. The molecule has 3 N–H and O–H groups in total. The predicted molar refractivity (Wildman–Crippen MR) is 165 cm³/mol. The van der Waals surface area contributed by atoms with E-state index in [4.69, 9.17) is 9.76 Å². The molecule has 0 saturated carbocycles.